The van der Waals surface area contributed by atoms with Crippen LogP contribution in [0.25, 0.3) is 0 Å². The molecule has 1 saturated heterocycles. The summed E-state index contributed by atoms with van der Waals surface area (Å²) in [5.74, 6) is 0.528. The topological polar surface area (TPSA) is 87.2 Å². The highest BCUT2D eigenvalue weighted by Crippen LogP contribution is 2.10. The van der Waals surface area contributed by atoms with E-state index in [2.05, 4.69) is 27.5 Å². The van der Waals surface area contributed by atoms with Gasteiger partial charge in [0.15, 0.2) is 0 Å². The van der Waals surface area contributed by atoms with Crippen molar-refractivity contribution in [2.45, 2.75) is 32.2 Å². The van der Waals surface area contributed by atoms with Crippen molar-refractivity contribution in [3.05, 3.63) is 18.1 Å². The summed E-state index contributed by atoms with van der Waals surface area (Å²) in [6, 6.07) is -0.0279. The van der Waals surface area contributed by atoms with Crippen LogP contribution in [0.3, 0.4) is 0 Å². The molecule has 2 rings (SSSR count). The molecule has 1 aliphatic rings. The lowest BCUT2D eigenvalue weighted by molar-refractivity contribution is -0.132. The molecule has 7 heteroatoms. The van der Waals surface area contributed by atoms with Crippen LogP contribution in [0.15, 0.2) is 12.4 Å². The molecule has 2 amide bonds. The number of rotatable bonds is 5. The Morgan fingerprint density at radius 2 is 2.24 bits per heavy atom. The predicted octanol–water partition coefficient (Wildman–Crippen LogP) is 0.649. The van der Waals surface area contributed by atoms with Crippen molar-refractivity contribution >= 4 is 17.6 Å². The Bertz CT molecular complexity index is 503. The number of piperidine rings is 1. The molecule has 0 aromatic carbocycles. The van der Waals surface area contributed by atoms with Gasteiger partial charge >= 0.3 is 0 Å². The maximum absolute atomic E-state index is 12.1. The Morgan fingerprint density at radius 1 is 1.43 bits per heavy atom. The largest absolute Gasteiger partial charge is 0.369 e. The molecule has 0 bridgehead atoms. The SMILES string of the molecule is CCCNc1cnc(C(=O)NC2CCC(=O)N(C)C2)cn1. The maximum Gasteiger partial charge on any atom is 0.271 e. The Morgan fingerprint density at radius 3 is 2.86 bits per heavy atom. The number of likely N-dealkylation sites (N-methyl/N-ethyl adjacent to an activating group) is 1. The minimum absolute atomic E-state index is 0.0279. The fourth-order valence-corrected chi connectivity index (χ4v) is 2.18. The van der Waals surface area contributed by atoms with Gasteiger partial charge in [0.1, 0.15) is 11.5 Å². The van der Waals surface area contributed by atoms with Crippen molar-refractivity contribution in [1.29, 1.82) is 0 Å². The van der Waals surface area contributed by atoms with Gasteiger partial charge in [0.25, 0.3) is 5.91 Å². The highest BCUT2D eigenvalue weighted by atomic mass is 16.2. The summed E-state index contributed by atoms with van der Waals surface area (Å²) in [7, 11) is 1.74. The lowest BCUT2D eigenvalue weighted by Crippen LogP contribution is -2.48. The van der Waals surface area contributed by atoms with Crippen LogP contribution in [0.1, 0.15) is 36.7 Å². The van der Waals surface area contributed by atoms with Gasteiger partial charge in [-0.25, -0.2) is 9.97 Å². The molecule has 2 N–H and O–H groups in total. The van der Waals surface area contributed by atoms with Crippen LogP contribution >= 0.6 is 0 Å². The average Bonchev–Trinajstić information content (AvgIpc) is 2.49. The molecule has 1 aromatic rings. The number of hydrogen-bond donors (Lipinski definition) is 2. The minimum atomic E-state index is -0.253. The minimum Gasteiger partial charge on any atom is -0.369 e. The van der Waals surface area contributed by atoms with Gasteiger partial charge in [-0.2, -0.15) is 0 Å². The van der Waals surface area contributed by atoms with Gasteiger partial charge in [-0.15, -0.1) is 0 Å². The molecule has 2 heterocycles. The number of amides is 2. The zero-order chi connectivity index (χ0) is 15.2. The Kier molecular flexibility index (Phi) is 5.08. The number of carbonyl (C=O) groups excluding carboxylic acids is 2. The van der Waals surface area contributed by atoms with Crippen molar-refractivity contribution in [1.82, 2.24) is 20.2 Å². The van der Waals surface area contributed by atoms with Crippen molar-refractivity contribution in [3.8, 4) is 0 Å². The number of nitrogens with zero attached hydrogens (tertiary/aromatic N) is 3. The molecule has 0 radical (unpaired) electrons. The van der Waals surface area contributed by atoms with Crippen molar-refractivity contribution in [2.24, 2.45) is 0 Å². The summed E-state index contributed by atoms with van der Waals surface area (Å²) in [5.41, 5.74) is 0.289. The quantitative estimate of drug-likeness (QED) is 0.831. The maximum atomic E-state index is 12.1. The van der Waals surface area contributed by atoms with Crippen molar-refractivity contribution in [2.75, 3.05) is 25.5 Å². The summed E-state index contributed by atoms with van der Waals surface area (Å²) in [6.07, 6.45) is 5.15. The Labute approximate surface area is 124 Å². The van der Waals surface area contributed by atoms with E-state index >= 15 is 0 Å². The fraction of sp³-hybridized carbons (Fsp3) is 0.571. The zero-order valence-corrected chi connectivity index (χ0v) is 12.4. The third-order valence-electron chi connectivity index (χ3n) is 3.40. The molecule has 1 fully saturated rings. The lowest BCUT2D eigenvalue weighted by atomic mass is 10.1. The smallest absolute Gasteiger partial charge is 0.271 e. The predicted molar refractivity (Wildman–Crippen MR) is 78.9 cm³/mol. The third kappa shape index (κ3) is 4.14. The van der Waals surface area contributed by atoms with Crippen LogP contribution in [-0.4, -0.2) is 52.9 Å². The van der Waals surface area contributed by atoms with Gasteiger partial charge in [0.2, 0.25) is 5.91 Å². The van der Waals surface area contributed by atoms with Gasteiger partial charge in [0, 0.05) is 32.6 Å². The Hall–Kier alpha value is -2.18. The summed E-state index contributed by atoms with van der Waals surface area (Å²) >= 11 is 0. The fourth-order valence-electron chi connectivity index (χ4n) is 2.18. The molecule has 1 aromatic heterocycles. The number of likely N-dealkylation sites (tertiary alicyclic amines) is 1. The molecule has 1 unspecified atom stereocenters. The van der Waals surface area contributed by atoms with Crippen LogP contribution in [0.4, 0.5) is 5.82 Å². The van der Waals surface area contributed by atoms with E-state index < -0.39 is 0 Å². The van der Waals surface area contributed by atoms with Crippen molar-refractivity contribution < 1.29 is 9.59 Å². The summed E-state index contributed by atoms with van der Waals surface area (Å²) in [6.45, 7) is 3.42. The van der Waals surface area contributed by atoms with Gasteiger partial charge in [-0.3, -0.25) is 9.59 Å². The molecule has 114 valence electrons. The average molecular weight is 291 g/mol. The zero-order valence-electron chi connectivity index (χ0n) is 12.4. The van der Waals surface area contributed by atoms with E-state index in [4.69, 9.17) is 0 Å². The van der Waals surface area contributed by atoms with E-state index in [1.54, 1.807) is 18.1 Å². The summed E-state index contributed by atoms with van der Waals surface area (Å²) < 4.78 is 0. The number of nitrogens with one attached hydrogen (secondary N) is 2. The molecule has 0 saturated carbocycles. The van der Waals surface area contributed by atoms with Crippen molar-refractivity contribution in [3.63, 3.8) is 0 Å². The molecule has 21 heavy (non-hydrogen) atoms. The first-order chi connectivity index (χ1) is 10.1. The summed E-state index contributed by atoms with van der Waals surface area (Å²) in [4.78, 5) is 33.4. The molecular formula is C14H21N5O2. The van der Waals surface area contributed by atoms with E-state index in [0.29, 0.717) is 25.2 Å². The normalized spacial score (nSPS) is 18.5. The van der Waals surface area contributed by atoms with E-state index in [1.807, 2.05) is 0 Å². The third-order valence-corrected chi connectivity index (χ3v) is 3.40. The first-order valence-electron chi connectivity index (χ1n) is 7.21. The molecule has 1 aliphatic heterocycles. The second kappa shape index (κ2) is 7.01. The first-order valence-corrected chi connectivity index (χ1v) is 7.21. The standard InChI is InChI=1S/C14H21N5O2/c1-3-6-15-12-8-16-11(7-17-12)14(21)18-10-4-5-13(20)19(2)9-10/h7-8,10H,3-6,9H2,1-2H3,(H,15,17)(H,18,21). The Balaban J connectivity index is 1.89. The molecule has 1 atom stereocenters. The highest BCUT2D eigenvalue weighted by molar-refractivity contribution is 5.92. The van der Waals surface area contributed by atoms with Crippen LogP contribution < -0.4 is 10.6 Å². The van der Waals surface area contributed by atoms with E-state index in [0.717, 1.165) is 13.0 Å². The van der Waals surface area contributed by atoms with Crippen LogP contribution in [-0.2, 0) is 4.79 Å². The van der Waals surface area contributed by atoms with Crippen LogP contribution in [0, 0.1) is 0 Å². The van der Waals surface area contributed by atoms with E-state index in [9.17, 15) is 9.59 Å². The number of aromatic nitrogens is 2. The van der Waals surface area contributed by atoms with Gasteiger partial charge in [-0.1, -0.05) is 6.92 Å². The van der Waals surface area contributed by atoms with E-state index in [1.165, 1.54) is 6.20 Å². The van der Waals surface area contributed by atoms with Gasteiger partial charge < -0.3 is 15.5 Å². The lowest BCUT2D eigenvalue weighted by Gasteiger charge is -2.29. The number of hydrogen-bond acceptors (Lipinski definition) is 5. The number of carbonyl (C=O) groups is 2. The second-order valence-electron chi connectivity index (χ2n) is 5.20. The van der Waals surface area contributed by atoms with E-state index in [-0.39, 0.29) is 23.6 Å². The monoisotopic (exact) mass is 291 g/mol. The van der Waals surface area contributed by atoms with Gasteiger partial charge in [-0.05, 0) is 12.8 Å². The number of anilines is 1. The van der Waals surface area contributed by atoms with Gasteiger partial charge in [0.05, 0.1) is 12.4 Å². The summed E-state index contributed by atoms with van der Waals surface area (Å²) in [5, 5.41) is 6.00. The molecule has 0 aliphatic carbocycles. The highest BCUT2D eigenvalue weighted by Gasteiger charge is 2.24. The molecule has 7 nitrogen and oxygen atoms in total. The molecule has 0 spiro atoms. The molecular weight excluding hydrogens is 270 g/mol. The van der Waals surface area contributed by atoms with Crippen LogP contribution in [0.5, 0.6) is 0 Å². The second-order valence-corrected chi connectivity index (χ2v) is 5.20. The van der Waals surface area contributed by atoms with Crippen LogP contribution in [0.2, 0.25) is 0 Å². The first kappa shape index (κ1) is 15.2.